The van der Waals surface area contributed by atoms with Crippen molar-refractivity contribution < 1.29 is 19.1 Å². The van der Waals surface area contributed by atoms with Gasteiger partial charge < -0.3 is 20.5 Å². The zero-order chi connectivity index (χ0) is 21.9. The van der Waals surface area contributed by atoms with Crippen molar-refractivity contribution in [1.82, 2.24) is 4.98 Å². The molecule has 1 aromatic heterocycles. The number of anilines is 1. The molecule has 1 atom stereocenters. The van der Waals surface area contributed by atoms with Gasteiger partial charge in [-0.2, -0.15) is 5.26 Å². The fourth-order valence-corrected chi connectivity index (χ4v) is 3.76. The predicted octanol–water partition coefficient (Wildman–Crippen LogP) is 3.39. The molecule has 1 aliphatic rings. The standard InChI is InChI=1S/C22H24N4O4/c1-13(2)10-22(3,30-21(24)28)12-29-18-5-4-14(8-15(18)11-23)16-6-7-25-20-17(16)9-19(27)26-20/h4-8,13H,9-10,12H2,1-3H3,(H2,24,28)(H,25,26,27)/t22-/m0/s1. The molecule has 156 valence electrons. The number of nitriles is 1. The molecule has 8 nitrogen and oxygen atoms in total. The number of primary amides is 1. The highest BCUT2D eigenvalue weighted by Crippen LogP contribution is 2.34. The quantitative estimate of drug-likeness (QED) is 0.723. The molecule has 0 fully saturated rings. The Morgan fingerprint density at radius 3 is 2.83 bits per heavy atom. The van der Waals surface area contributed by atoms with Gasteiger partial charge in [0.05, 0.1) is 12.0 Å². The van der Waals surface area contributed by atoms with Gasteiger partial charge in [-0.15, -0.1) is 0 Å². The van der Waals surface area contributed by atoms with Gasteiger partial charge in [0.25, 0.3) is 0 Å². The molecule has 8 heteroatoms. The maximum absolute atomic E-state index is 11.7. The molecular weight excluding hydrogens is 384 g/mol. The molecule has 1 aliphatic heterocycles. The van der Waals surface area contributed by atoms with Gasteiger partial charge in [0.1, 0.15) is 29.8 Å². The summed E-state index contributed by atoms with van der Waals surface area (Å²) in [5.74, 6) is 1.07. The maximum Gasteiger partial charge on any atom is 0.405 e. The minimum atomic E-state index is -0.913. The predicted molar refractivity (Wildman–Crippen MR) is 111 cm³/mol. The Balaban J connectivity index is 1.85. The Morgan fingerprint density at radius 2 is 2.17 bits per heavy atom. The van der Waals surface area contributed by atoms with Crippen LogP contribution in [0.2, 0.25) is 0 Å². The lowest BCUT2D eigenvalue weighted by Gasteiger charge is -2.30. The Morgan fingerprint density at radius 1 is 1.40 bits per heavy atom. The van der Waals surface area contributed by atoms with Crippen molar-refractivity contribution in [2.75, 3.05) is 11.9 Å². The zero-order valence-electron chi connectivity index (χ0n) is 17.2. The van der Waals surface area contributed by atoms with Crippen LogP contribution in [-0.2, 0) is 16.0 Å². The van der Waals surface area contributed by atoms with Crippen LogP contribution < -0.4 is 15.8 Å². The van der Waals surface area contributed by atoms with Crippen LogP contribution in [0, 0.1) is 17.2 Å². The van der Waals surface area contributed by atoms with Crippen LogP contribution in [0.25, 0.3) is 11.1 Å². The van der Waals surface area contributed by atoms with E-state index in [0.717, 1.165) is 16.7 Å². The van der Waals surface area contributed by atoms with E-state index in [1.165, 1.54) is 0 Å². The summed E-state index contributed by atoms with van der Waals surface area (Å²) < 4.78 is 11.1. The van der Waals surface area contributed by atoms with Gasteiger partial charge in [-0.25, -0.2) is 9.78 Å². The van der Waals surface area contributed by atoms with Gasteiger partial charge in [-0.05, 0) is 48.6 Å². The summed E-state index contributed by atoms with van der Waals surface area (Å²) >= 11 is 0. The van der Waals surface area contributed by atoms with E-state index in [1.807, 2.05) is 26.0 Å². The number of nitrogens with two attached hydrogens (primary N) is 1. The monoisotopic (exact) mass is 408 g/mol. The number of ether oxygens (including phenoxy) is 2. The second-order valence-corrected chi connectivity index (χ2v) is 7.99. The molecule has 2 amide bonds. The Labute approximate surface area is 175 Å². The second-order valence-electron chi connectivity index (χ2n) is 7.99. The highest BCUT2D eigenvalue weighted by molar-refractivity contribution is 6.00. The highest BCUT2D eigenvalue weighted by Gasteiger charge is 2.31. The third-order valence-electron chi connectivity index (χ3n) is 4.78. The number of nitrogens with zero attached hydrogens (tertiary/aromatic N) is 2. The Bertz CT molecular complexity index is 1030. The van der Waals surface area contributed by atoms with E-state index in [1.54, 1.807) is 25.3 Å². The van der Waals surface area contributed by atoms with Gasteiger partial charge in [0.2, 0.25) is 5.91 Å². The van der Waals surface area contributed by atoms with E-state index < -0.39 is 11.7 Å². The number of hydrogen-bond acceptors (Lipinski definition) is 6. The van der Waals surface area contributed by atoms with E-state index in [9.17, 15) is 14.9 Å². The molecule has 1 aromatic carbocycles. The number of aromatic nitrogens is 1. The van der Waals surface area contributed by atoms with Crippen LogP contribution >= 0.6 is 0 Å². The molecule has 3 rings (SSSR count). The van der Waals surface area contributed by atoms with Crippen molar-refractivity contribution in [3.8, 4) is 22.9 Å². The molecule has 2 aromatic rings. The molecule has 0 bridgehead atoms. The van der Waals surface area contributed by atoms with Crippen LogP contribution in [0.3, 0.4) is 0 Å². The number of benzene rings is 1. The lowest BCUT2D eigenvalue weighted by molar-refractivity contribution is -0.115. The highest BCUT2D eigenvalue weighted by atomic mass is 16.6. The third-order valence-corrected chi connectivity index (χ3v) is 4.78. The topological polar surface area (TPSA) is 127 Å². The Hall–Kier alpha value is -3.60. The van der Waals surface area contributed by atoms with E-state index in [4.69, 9.17) is 15.2 Å². The summed E-state index contributed by atoms with van der Waals surface area (Å²) in [6.07, 6.45) is 1.55. The molecule has 0 spiro atoms. The Kier molecular flexibility index (Phi) is 5.92. The molecule has 30 heavy (non-hydrogen) atoms. The van der Waals surface area contributed by atoms with Crippen LogP contribution in [0.4, 0.5) is 10.6 Å². The average molecular weight is 408 g/mol. The van der Waals surface area contributed by atoms with Crippen LogP contribution in [0.5, 0.6) is 5.75 Å². The fraction of sp³-hybridized carbons (Fsp3) is 0.364. The molecule has 0 aliphatic carbocycles. The largest absolute Gasteiger partial charge is 0.488 e. The number of carbonyl (C=O) groups is 2. The molecule has 2 heterocycles. The summed E-state index contributed by atoms with van der Waals surface area (Å²) in [7, 11) is 0. The number of nitrogens with one attached hydrogen (secondary N) is 1. The van der Waals surface area contributed by atoms with Gasteiger partial charge in [0, 0.05) is 11.8 Å². The van der Waals surface area contributed by atoms with Crippen LogP contribution in [-0.4, -0.2) is 29.2 Å². The van der Waals surface area contributed by atoms with Crippen LogP contribution in [0.1, 0.15) is 38.3 Å². The molecular formula is C22H24N4O4. The average Bonchev–Trinajstić information content (AvgIpc) is 3.05. The second kappa shape index (κ2) is 8.41. The number of pyridine rings is 1. The number of hydrogen-bond donors (Lipinski definition) is 2. The smallest absolute Gasteiger partial charge is 0.405 e. The zero-order valence-corrected chi connectivity index (χ0v) is 17.2. The van der Waals surface area contributed by atoms with E-state index in [-0.39, 0.29) is 24.9 Å². The molecule has 0 saturated heterocycles. The normalized spacial score (nSPS) is 14.4. The van der Waals surface area contributed by atoms with Crippen molar-refractivity contribution in [3.63, 3.8) is 0 Å². The molecule has 3 N–H and O–H groups in total. The number of amides is 2. The van der Waals surface area contributed by atoms with Gasteiger partial charge >= 0.3 is 6.09 Å². The molecule has 0 radical (unpaired) electrons. The number of carbonyl (C=O) groups excluding carboxylic acids is 2. The fourth-order valence-electron chi connectivity index (χ4n) is 3.76. The summed E-state index contributed by atoms with van der Waals surface area (Å²) in [6, 6.07) is 9.19. The van der Waals surface area contributed by atoms with Gasteiger partial charge in [-0.1, -0.05) is 19.9 Å². The number of rotatable bonds is 7. The third kappa shape index (κ3) is 4.69. The lowest BCUT2D eigenvalue weighted by Crippen LogP contribution is -2.41. The maximum atomic E-state index is 11.7. The minimum Gasteiger partial charge on any atom is -0.488 e. The van der Waals surface area contributed by atoms with Crippen LogP contribution in [0.15, 0.2) is 30.5 Å². The van der Waals surface area contributed by atoms with Crippen molar-refractivity contribution in [3.05, 3.63) is 41.6 Å². The first-order chi connectivity index (χ1) is 14.2. The first kappa shape index (κ1) is 21.1. The van der Waals surface area contributed by atoms with Crippen molar-refractivity contribution in [2.45, 2.75) is 39.2 Å². The summed E-state index contributed by atoms with van der Waals surface area (Å²) in [6.45, 7) is 5.82. The number of fused-ring (bicyclic) bond motifs is 1. The van der Waals surface area contributed by atoms with E-state index in [0.29, 0.717) is 23.6 Å². The minimum absolute atomic E-state index is 0.0607. The first-order valence-corrected chi connectivity index (χ1v) is 9.64. The first-order valence-electron chi connectivity index (χ1n) is 9.64. The summed E-state index contributed by atoms with van der Waals surface area (Å²) in [5.41, 5.74) is 7.06. The van der Waals surface area contributed by atoms with Gasteiger partial charge in [0.15, 0.2) is 0 Å². The summed E-state index contributed by atoms with van der Waals surface area (Å²) in [4.78, 5) is 27.2. The van der Waals surface area contributed by atoms with E-state index in [2.05, 4.69) is 16.4 Å². The molecule has 0 unspecified atom stereocenters. The lowest BCUT2D eigenvalue weighted by atomic mass is 9.94. The van der Waals surface area contributed by atoms with Crippen molar-refractivity contribution in [2.24, 2.45) is 11.7 Å². The summed E-state index contributed by atoms with van der Waals surface area (Å²) in [5, 5.41) is 12.4. The SMILES string of the molecule is CC(C)C[C@@](C)(COc1ccc(-c2ccnc3c2CC(=O)N3)cc1C#N)OC(N)=O. The van der Waals surface area contributed by atoms with E-state index >= 15 is 0 Å². The molecule has 0 saturated carbocycles. The van der Waals surface area contributed by atoms with Gasteiger partial charge in [-0.3, -0.25) is 4.79 Å². The van der Waals surface area contributed by atoms with Crippen molar-refractivity contribution >= 4 is 17.8 Å². The van der Waals surface area contributed by atoms with Crippen molar-refractivity contribution in [1.29, 1.82) is 5.26 Å².